The summed E-state index contributed by atoms with van der Waals surface area (Å²) in [7, 11) is 4.09. The summed E-state index contributed by atoms with van der Waals surface area (Å²) in [6.07, 6.45) is 2.86. The molecule has 0 fully saturated rings. The molecule has 5 nitrogen and oxygen atoms in total. The third-order valence-electron chi connectivity index (χ3n) is 2.05. The number of nitrogens with one attached hydrogen (secondary N) is 2. The molecule has 0 saturated carbocycles. The van der Waals surface area contributed by atoms with E-state index < -0.39 is 0 Å². The van der Waals surface area contributed by atoms with Gasteiger partial charge in [0.05, 0.1) is 0 Å². The number of hydrogen-bond donors (Lipinski definition) is 2. The van der Waals surface area contributed by atoms with Crippen molar-refractivity contribution in [2.75, 3.05) is 44.4 Å². The lowest BCUT2D eigenvalue weighted by Crippen LogP contribution is -2.21. The van der Waals surface area contributed by atoms with Gasteiger partial charge < -0.3 is 15.5 Å². The summed E-state index contributed by atoms with van der Waals surface area (Å²) in [6.45, 7) is 4.89. The maximum Gasteiger partial charge on any atom is 0.224 e. The predicted molar refractivity (Wildman–Crippen MR) is 67.9 cm³/mol. The largest absolute Gasteiger partial charge is 0.370 e. The predicted octanol–water partition coefficient (Wildman–Crippen LogP) is 1.27. The minimum atomic E-state index is 0.683. The summed E-state index contributed by atoms with van der Waals surface area (Å²) >= 11 is 0. The molecule has 16 heavy (non-hydrogen) atoms. The highest BCUT2D eigenvalue weighted by atomic mass is 15.2. The van der Waals surface area contributed by atoms with E-state index in [1.165, 1.54) is 0 Å². The second kappa shape index (κ2) is 7.00. The summed E-state index contributed by atoms with van der Waals surface area (Å²) in [5.41, 5.74) is 0. The molecule has 2 N–H and O–H groups in total. The number of anilines is 2. The van der Waals surface area contributed by atoms with E-state index in [1.54, 1.807) is 6.20 Å². The number of aromatic nitrogens is 2. The number of nitrogens with zero attached hydrogens (tertiary/aromatic N) is 3. The van der Waals surface area contributed by atoms with E-state index in [2.05, 4.69) is 32.4 Å². The molecule has 0 atom stereocenters. The second-order valence-corrected chi connectivity index (χ2v) is 3.92. The molecule has 0 spiro atoms. The zero-order valence-corrected chi connectivity index (χ0v) is 10.3. The van der Waals surface area contributed by atoms with Gasteiger partial charge in [0, 0.05) is 25.8 Å². The van der Waals surface area contributed by atoms with Crippen LogP contribution >= 0.6 is 0 Å². The smallest absolute Gasteiger partial charge is 0.224 e. The average molecular weight is 223 g/mol. The van der Waals surface area contributed by atoms with Crippen molar-refractivity contribution >= 4 is 11.8 Å². The fourth-order valence-corrected chi connectivity index (χ4v) is 1.19. The van der Waals surface area contributed by atoms with E-state index in [4.69, 9.17) is 0 Å². The van der Waals surface area contributed by atoms with Gasteiger partial charge in [-0.3, -0.25) is 0 Å². The SMILES string of the molecule is CCCNc1ccnc(NCCN(C)C)n1. The Bertz CT molecular complexity index is 300. The van der Waals surface area contributed by atoms with E-state index in [9.17, 15) is 0 Å². The molecule has 0 aliphatic carbocycles. The Morgan fingerprint density at radius 2 is 2.06 bits per heavy atom. The Balaban J connectivity index is 2.40. The van der Waals surface area contributed by atoms with Crippen LogP contribution in [-0.4, -0.2) is 48.6 Å². The molecule has 0 amide bonds. The number of rotatable bonds is 7. The third-order valence-corrected chi connectivity index (χ3v) is 2.05. The Morgan fingerprint density at radius 3 is 2.75 bits per heavy atom. The van der Waals surface area contributed by atoms with E-state index in [0.29, 0.717) is 5.95 Å². The zero-order valence-electron chi connectivity index (χ0n) is 10.3. The van der Waals surface area contributed by atoms with Crippen LogP contribution in [0.3, 0.4) is 0 Å². The van der Waals surface area contributed by atoms with Crippen LogP contribution in [-0.2, 0) is 0 Å². The van der Waals surface area contributed by atoms with Crippen molar-refractivity contribution in [1.82, 2.24) is 14.9 Å². The lowest BCUT2D eigenvalue weighted by Gasteiger charge is -2.11. The van der Waals surface area contributed by atoms with Gasteiger partial charge >= 0.3 is 0 Å². The molecule has 5 heteroatoms. The first-order chi connectivity index (χ1) is 7.72. The van der Waals surface area contributed by atoms with Crippen LogP contribution in [0.4, 0.5) is 11.8 Å². The molecule has 1 heterocycles. The first kappa shape index (κ1) is 12.7. The molecule has 0 aromatic carbocycles. The molecule has 0 aliphatic rings. The summed E-state index contributed by atoms with van der Waals surface area (Å²) in [6, 6.07) is 1.88. The first-order valence-electron chi connectivity index (χ1n) is 5.68. The van der Waals surface area contributed by atoms with E-state index >= 15 is 0 Å². The van der Waals surface area contributed by atoms with Gasteiger partial charge in [-0.1, -0.05) is 6.92 Å². The molecule has 1 aromatic heterocycles. The van der Waals surface area contributed by atoms with Crippen LogP contribution in [0.5, 0.6) is 0 Å². The Morgan fingerprint density at radius 1 is 1.25 bits per heavy atom. The van der Waals surface area contributed by atoms with Gasteiger partial charge in [0.2, 0.25) is 5.95 Å². The second-order valence-electron chi connectivity index (χ2n) is 3.92. The molecular weight excluding hydrogens is 202 g/mol. The highest BCUT2D eigenvalue weighted by Gasteiger charge is 1.98. The van der Waals surface area contributed by atoms with E-state index in [1.807, 2.05) is 20.2 Å². The van der Waals surface area contributed by atoms with Crippen molar-refractivity contribution in [2.45, 2.75) is 13.3 Å². The van der Waals surface area contributed by atoms with Crippen LogP contribution in [0.2, 0.25) is 0 Å². The Kier molecular flexibility index (Phi) is 5.56. The van der Waals surface area contributed by atoms with Gasteiger partial charge in [0.25, 0.3) is 0 Å². The monoisotopic (exact) mass is 223 g/mol. The summed E-state index contributed by atoms with van der Waals surface area (Å²) in [5, 5.41) is 6.42. The highest BCUT2D eigenvalue weighted by molar-refractivity contribution is 5.39. The topological polar surface area (TPSA) is 53.1 Å². The summed E-state index contributed by atoms with van der Waals surface area (Å²) < 4.78 is 0. The van der Waals surface area contributed by atoms with Crippen LogP contribution < -0.4 is 10.6 Å². The van der Waals surface area contributed by atoms with Crippen LogP contribution in [0.15, 0.2) is 12.3 Å². The number of hydrogen-bond acceptors (Lipinski definition) is 5. The standard InChI is InChI=1S/C11H21N5/c1-4-6-12-10-5-7-13-11(15-10)14-8-9-16(2)3/h5,7H,4,6,8-9H2,1-3H3,(H2,12,13,14,15). The van der Waals surface area contributed by atoms with Crippen molar-refractivity contribution in [3.63, 3.8) is 0 Å². The van der Waals surface area contributed by atoms with Crippen molar-refractivity contribution in [3.8, 4) is 0 Å². The van der Waals surface area contributed by atoms with Crippen molar-refractivity contribution in [1.29, 1.82) is 0 Å². The normalized spacial score (nSPS) is 10.5. The quantitative estimate of drug-likeness (QED) is 0.729. The van der Waals surface area contributed by atoms with E-state index in [-0.39, 0.29) is 0 Å². The van der Waals surface area contributed by atoms with Crippen molar-refractivity contribution in [3.05, 3.63) is 12.3 Å². The third kappa shape index (κ3) is 4.93. The molecule has 0 radical (unpaired) electrons. The lowest BCUT2D eigenvalue weighted by molar-refractivity contribution is 0.425. The molecule has 0 saturated heterocycles. The van der Waals surface area contributed by atoms with Crippen LogP contribution in [0.25, 0.3) is 0 Å². The minimum absolute atomic E-state index is 0.683. The molecular formula is C11H21N5. The molecule has 1 rings (SSSR count). The number of likely N-dealkylation sites (N-methyl/N-ethyl adjacent to an activating group) is 1. The first-order valence-corrected chi connectivity index (χ1v) is 5.68. The highest BCUT2D eigenvalue weighted by Crippen LogP contribution is 2.04. The molecule has 0 bridgehead atoms. The van der Waals surface area contributed by atoms with Gasteiger partial charge in [-0.05, 0) is 26.6 Å². The summed E-state index contributed by atoms with van der Waals surface area (Å²) in [4.78, 5) is 10.6. The maximum absolute atomic E-state index is 4.36. The molecule has 1 aromatic rings. The molecule has 0 aliphatic heterocycles. The molecule has 90 valence electrons. The van der Waals surface area contributed by atoms with Gasteiger partial charge in [0.1, 0.15) is 5.82 Å². The Labute approximate surface area is 97.3 Å². The van der Waals surface area contributed by atoms with Gasteiger partial charge in [-0.2, -0.15) is 4.98 Å². The fraction of sp³-hybridized carbons (Fsp3) is 0.636. The van der Waals surface area contributed by atoms with Gasteiger partial charge in [0.15, 0.2) is 0 Å². The fourth-order valence-electron chi connectivity index (χ4n) is 1.19. The Hall–Kier alpha value is -1.36. The summed E-state index contributed by atoms with van der Waals surface area (Å²) in [5.74, 6) is 1.56. The molecule has 0 unspecified atom stereocenters. The maximum atomic E-state index is 4.36. The van der Waals surface area contributed by atoms with Gasteiger partial charge in [-0.25, -0.2) is 4.98 Å². The van der Waals surface area contributed by atoms with E-state index in [0.717, 1.165) is 31.9 Å². The van der Waals surface area contributed by atoms with Crippen molar-refractivity contribution < 1.29 is 0 Å². The van der Waals surface area contributed by atoms with Crippen LogP contribution in [0, 0.1) is 0 Å². The van der Waals surface area contributed by atoms with Crippen molar-refractivity contribution in [2.24, 2.45) is 0 Å². The zero-order chi connectivity index (χ0) is 11.8. The van der Waals surface area contributed by atoms with Crippen LogP contribution in [0.1, 0.15) is 13.3 Å². The van der Waals surface area contributed by atoms with Gasteiger partial charge in [-0.15, -0.1) is 0 Å². The average Bonchev–Trinajstić information content (AvgIpc) is 2.26. The minimum Gasteiger partial charge on any atom is -0.370 e. The lowest BCUT2D eigenvalue weighted by atomic mass is 10.4.